The molecule has 1 fully saturated rings. The van der Waals surface area contributed by atoms with E-state index < -0.39 is 23.0 Å². The highest BCUT2D eigenvalue weighted by Gasteiger charge is 2.37. The van der Waals surface area contributed by atoms with Crippen LogP contribution in [0.25, 0.3) is 0 Å². The zero-order valence-electron chi connectivity index (χ0n) is 10.3. The van der Waals surface area contributed by atoms with E-state index >= 15 is 0 Å². The maximum Gasteiger partial charge on any atom is 0.198 e. The van der Waals surface area contributed by atoms with Gasteiger partial charge in [0.15, 0.2) is 5.79 Å². The van der Waals surface area contributed by atoms with Crippen molar-refractivity contribution in [2.75, 3.05) is 13.2 Å². The molecule has 1 heterocycles. The summed E-state index contributed by atoms with van der Waals surface area (Å²) in [5, 5.41) is 8.66. The lowest BCUT2D eigenvalue weighted by atomic mass is 9.99. The van der Waals surface area contributed by atoms with Gasteiger partial charge < -0.3 is 9.47 Å². The SMILES string of the molecule is C=CCC1(c2cc(F)c(C#N)c(F)c2)OCCCO1. The summed E-state index contributed by atoms with van der Waals surface area (Å²) in [4.78, 5) is 0. The molecule has 2 rings (SSSR count). The molecular weight excluding hydrogens is 252 g/mol. The van der Waals surface area contributed by atoms with Gasteiger partial charge in [0.25, 0.3) is 0 Å². The smallest absolute Gasteiger partial charge is 0.198 e. The summed E-state index contributed by atoms with van der Waals surface area (Å²) in [6, 6.07) is 3.65. The molecule has 0 radical (unpaired) electrons. The van der Waals surface area contributed by atoms with E-state index in [1.165, 1.54) is 6.07 Å². The molecule has 0 N–H and O–H groups in total. The fourth-order valence-corrected chi connectivity index (χ4v) is 2.07. The van der Waals surface area contributed by atoms with Crippen molar-refractivity contribution < 1.29 is 18.3 Å². The van der Waals surface area contributed by atoms with Crippen LogP contribution >= 0.6 is 0 Å². The van der Waals surface area contributed by atoms with Gasteiger partial charge in [-0.15, -0.1) is 6.58 Å². The van der Waals surface area contributed by atoms with Gasteiger partial charge in [0.05, 0.1) is 13.2 Å². The minimum absolute atomic E-state index is 0.223. The van der Waals surface area contributed by atoms with Gasteiger partial charge in [-0.2, -0.15) is 5.26 Å². The van der Waals surface area contributed by atoms with Crippen molar-refractivity contribution in [1.82, 2.24) is 0 Å². The van der Waals surface area contributed by atoms with Crippen molar-refractivity contribution >= 4 is 0 Å². The minimum atomic E-state index is -1.21. The van der Waals surface area contributed by atoms with E-state index in [4.69, 9.17) is 14.7 Å². The lowest BCUT2D eigenvalue weighted by Crippen LogP contribution is -2.37. The molecule has 19 heavy (non-hydrogen) atoms. The molecule has 1 saturated heterocycles. The van der Waals surface area contributed by atoms with Gasteiger partial charge in [0.2, 0.25) is 0 Å². The summed E-state index contributed by atoms with van der Waals surface area (Å²) < 4.78 is 38.5. The summed E-state index contributed by atoms with van der Waals surface area (Å²) in [7, 11) is 0. The quantitative estimate of drug-likeness (QED) is 0.789. The van der Waals surface area contributed by atoms with Crippen LogP contribution in [0.3, 0.4) is 0 Å². The lowest BCUT2D eigenvalue weighted by molar-refractivity contribution is -0.274. The van der Waals surface area contributed by atoms with Gasteiger partial charge in [-0.25, -0.2) is 8.78 Å². The van der Waals surface area contributed by atoms with E-state index in [0.29, 0.717) is 13.2 Å². The number of benzene rings is 1. The Morgan fingerprint density at radius 2 is 1.89 bits per heavy atom. The molecule has 1 aliphatic heterocycles. The number of hydrogen-bond donors (Lipinski definition) is 0. The molecule has 0 saturated carbocycles. The number of halogens is 2. The van der Waals surface area contributed by atoms with E-state index in [0.717, 1.165) is 18.6 Å². The molecular formula is C14H13F2NO2. The zero-order chi connectivity index (χ0) is 13.9. The van der Waals surface area contributed by atoms with Crippen molar-refractivity contribution in [3.63, 3.8) is 0 Å². The topological polar surface area (TPSA) is 42.2 Å². The van der Waals surface area contributed by atoms with Gasteiger partial charge in [-0.05, 0) is 18.6 Å². The molecule has 100 valence electrons. The highest BCUT2D eigenvalue weighted by molar-refractivity contribution is 5.37. The number of rotatable bonds is 3. The van der Waals surface area contributed by atoms with Crippen molar-refractivity contribution in [2.45, 2.75) is 18.6 Å². The fourth-order valence-electron chi connectivity index (χ4n) is 2.07. The summed E-state index contributed by atoms with van der Waals surface area (Å²) in [6.45, 7) is 4.49. The largest absolute Gasteiger partial charge is 0.345 e. The highest BCUT2D eigenvalue weighted by Crippen LogP contribution is 2.35. The van der Waals surface area contributed by atoms with Gasteiger partial charge in [-0.3, -0.25) is 0 Å². The normalized spacial score (nSPS) is 17.7. The van der Waals surface area contributed by atoms with Gasteiger partial charge in [0.1, 0.15) is 23.3 Å². The molecule has 0 aromatic heterocycles. The Morgan fingerprint density at radius 1 is 1.32 bits per heavy atom. The van der Waals surface area contributed by atoms with Crippen molar-refractivity contribution in [3.05, 3.63) is 47.5 Å². The Balaban J connectivity index is 2.48. The highest BCUT2D eigenvalue weighted by atomic mass is 19.1. The molecule has 0 spiro atoms. The third-order valence-electron chi connectivity index (χ3n) is 2.97. The van der Waals surface area contributed by atoms with E-state index in [2.05, 4.69) is 6.58 Å². The first-order valence-corrected chi connectivity index (χ1v) is 5.91. The summed E-state index contributed by atoms with van der Waals surface area (Å²) in [6.07, 6.45) is 2.57. The van der Waals surface area contributed by atoms with Crippen LogP contribution in [0.2, 0.25) is 0 Å². The summed E-state index contributed by atoms with van der Waals surface area (Å²) in [5.74, 6) is -3.05. The van der Waals surface area contributed by atoms with E-state index in [9.17, 15) is 8.78 Å². The average Bonchev–Trinajstić information content (AvgIpc) is 2.40. The molecule has 1 aromatic carbocycles. The Hall–Kier alpha value is -1.77. The lowest BCUT2D eigenvalue weighted by Gasteiger charge is -2.37. The van der Waals surface area contributed by atoms with Crippen LogP contribution in [0.1, 0.15) is 24.0 Å². The predicted octanol–water partition coefficient (Wildman–Crippen LogP) is 3.00. The van der Waals surface area contributed by atoms with Crippen molar-refractivity contribution in [2.24, 2.45) is 0 Å². The van der Waals surface area contributed by atoms with Gasteiger partial charge in [-0.1, -0.05) is 6.08 Å². The third kappa shape index (κ3) is 2.50. The first-order chi connectivity index (χ1) is 9.13. The number of ether oxygens (including phenoxy) is 2. The Morgan fingerprint density at radius 3 is 2.37 bits per heavy atom. The second-order valence-corrected chi connectivity index (χ2v) is 4.22. The minimum Gasteiger partial charge on any atom is -0.345 e. The van der Waals surface area contributed by atoms with Crippen LogP contribution in [0.5, 0.6) is 0 Å². The predicted molar refractivity (Wildman–Crippen MR) is 64.1 cm³/mol. The second kappa shape index (κ2) is 5.47. The van der Waals surface area contributed by atoms with Crippen molar-refractivity contribution in [3.8, 4) is 6.07 Å². The third-order valence-corrected chi connectivity index (χ3v) is 2.97. The standard InChI is InChI=1S/C14H13F2NO2/c1-2-4-14(18-5-3-6-19-14)10-7-12(15)11(9-17)13(16)8-10/h2,7-8H,1,3-6H2. The van der Waals surface area contributed by atoms with Crippen LogP contribution in [0.15, 0.2) is 24.8 Å². The Bertz CT molecular complexity index is 508. The zero-order valence-corrected chi connectivity index (χ0v) is 10.3. The van der Waals surface area contributed by atoms with E-state index in [-0.39, 0.29) is 12.0 Å². The number of hydrogen-bond acceptors (Lipinski definition) is 3. The van der Waals surface area contributed by atoms with Crippen LogP contribution in [0.4, 0.5) is 8.78 Å². The molecule has 0 aliphatic carbocycles. The molecule has 1 aliphatic rings. The van der Waals surface area contributed by atoms with Crippen LogP contribution in [-0.2, 0) is 15.3 Å². The molecule has 0 amide bonds. The van der Waals surface area contributed by atoms with Gasteiger partial charge >= 0.3 is 0 Å². The maximum absolute atomic E-state index is 13.7. The molecule has 0 bridgehead atoms. The molecule has 3 nitrogen and oxygen atoms in total. The van der Waals surface area contributed by atoms with Crippen LogP contribution in [-0.4, -0.2) is 13.2 Å². The van der Waals surface area contributed by atoms with Gasteiger partial charge in [0, 0.05) is 12.0 Å². The molecule has 1 aromatic rings. The number of nitrogens with zero attached hydrogens (tertiary/aromatic N) is 1. The van der Waals surface area contributed by atoms with E-state index in [1.54, 1.807) is 6.08 Å². The molecule has 0 atom stereocenters. The second-order valence-electron chi connectivity index (χ2n) is 4.22. The summed E-state index contributed by atoms with van der Waals surface area (Å²) >= 11 is 0. The average molecular weight is 265 g/mol. The Labute approximate surface area is 110 Å². The van der Waals surface area contributed by atoms with E-state index in [1.807, 2.05) is 0 Å². The molecule has 0 unspecified atom stereocenters. The maximum atomic E-state index is 13.7. The first-order valence-electron chi connectivity index (χ1n) is 5.91. The Kier molecular flexibility index (Phi) is 3.93. The summed E-state index contributed by atoms with van der Waals surface area (Å²) in [5.41, 5.74) is -0.380. The van der Waals surface area contributed by atoms with Crippen LogP contribution in [0, 0.1) is 23.0 Å². The molecule has 5 heteroatoms. The monoisotopic (exact) mass is 265 g/mol. The fraction of sp³-hybridized carbons (Fsp3) is 0.357. The number of nitriles is 1. The van der Waals surface area contributed by atoms with Crippen molar-refractivity contribution in [1.29, 1.82) is 5.26 Å². The first kappa shape index (κ1) is 13.7. The van der Waals surface area contributed by atoms with Crippen LogP contribution < -0.4 is 0 Å².